The van der Waals surface area contributed by atoms with E-state index in [1.54, 1.807) is 12.4 Å². The van der Waals surface area contributed by atoms with Gasteiger partial charge in [-0.05, 0) is 19.8 Å². The van der Waals surface area contributed by atoms with E-state index in [4.69, 9.17) is 4.74 Å². The number of carbonyl (C=O) groups excluding carboxylic acids is 1. The molecule has 6 nitrogen and oxygen atoms in total. The number of aromatic nitrogens is 2. The van der Waals surface area contributed by atoms with Gasteiger partial charge in [0.1, 0.15) is 11.9 Å². The molecule has 118 valence electrons. The van der Waals surface area contributed by atoms with E-state index in [9.17, 15) is 4.79 Å². The molecule has 2 saturated heterocycles. The summed E-state index contributed by atoms with van der Waals surface area (Å²) in [7, 11) is 0. The fourth-order valence-electron chi connectivity index (χ4n) is 3.64. The highest BCUT2D eigenvalue weighted by Gasteiger charge is 2.57. The zero-order valence-electron chi connectivity index (χ0n) is 13.0. The van der Waals surface area contributed by atoms with Crippen molar-refractivity contribution in [2.45, 2.75) is 32.3 Å². The Morgan fingerprint density at radius 3 is 2.59 bits per heavy atom. The van der Waals surface area contributed by atoms with Gasteiger partial charge in [-0.3, -0.25) is 14.7 Å². The maximum Gasteiger partial charge on any atom is 0.312 e. The summed E-state index contributed by atoms with van der Waals surface area (Å²) < 4.78 is 5.56. The molecule has 22 heavy (non-hydrogen) atoms. The van der Waals surface area contributed by atoms with Gasteiger partial charge in [-0.1, -0.05) is 0 Å². The van der Waals surface area contributed by atoms with Crippen LogP contribution in [0.1, 0.15) is 25.0 Å². The molecule has 0 aromatic carbocycles. The average molecular weight is 302 g/mol. The third-order valence-corrected chi connectivity index (χ3v) is 5.17. The van der Waals surface area contributed by atoms with Crippen molar-refractivity contribution in [1.82, 2.24) is 14.9 Å². The van der Waals surface area contributed by atoms with E-state index in [1.807, 2.05) is 6.92 Å². The van der Waals surface area contributed by atoms with E-state index in [-0.39, 0.29) is 17.5 Å². The van der Waals surface area contributed by atoms with Gasteiger partial charge in [-0.25, -0.2) is 4.98 Å². The summed E-state index contributed by atoms with van der Waals surface area (Å²) in [6, 6.07) is 0. The van der Waals surface area contributed by atoms with Gasteiger partial charge < -0.3 is 9.64 Å². The van der Waals surface area contributed by atoms with Gasteiger partial charge in [0.2, 0.25) is 0 Å². The summed E-state index contributed by atoms with van der Waals surface area (Å²) in [5, 5.41) is 0. The SMILES string of the molecule is Cc1nccnc1N1CCN(CC2CC3(CC3)C(=O)O2)CC1. The van der Waals surface area contributed by atoms with Crippen LogP contribution in [0.25, 0.3) is 0 Å². The van der Waals surface area contributed by atoms with Crippen molar-refractivity contribution in [3.8, 4) is 0 Å². The van der Waals surface area contributed by atoms with Crippen LogP contribution in [0.5, 0.6) is 0 Å². The van der Waals surface area contributed by atoms with E-state index >= 15 is 0 Å². The van der Waals surface area contributed by atoms with Gasteiger partial charge >= 0.3 is 5.97 Å². The van der Waals surface area contributed by atoms with Gasteiger partial charge in [0, 0.05) is 51.5 Å². The molecule has 1 aliphatic carbocycles. The summed E-state index contributed by atoms with van der Waals surface area (Å²) in [6.45, 7) is 6.74. The maximum atomic E-state index is 11.8. The second-order valence-corrected chi connectivity index (χ2v) is 6.76. The van der Waals surface area contributed by atoms with Gasteiger partial charge in [0.25, 0.3) is 0 Å². The lowest BCUT2D eigenvalue weighted by atomic mass is 10.0. The molecule has 6 heteroatoms. The van der Waals surface area contributed by atoms with Crippen molar-refractivity contribution in [1.29, 1.82) is 0 Å². The molecule has 0 N–H and O–H groups in total. The van der Waals surface area contributed by atoms with Crippen LogP contribution in [-0.2, 0) is 9.53 Å². The first-order chi connectivity index (χ1) is 10.7. The Morgan fingerprint density at radius 2 is 1.95 bits per heavy atom. The lowest BCUT2D eigenvalue weighted by molar-refractivity contribution is -0.145. The highest BCUT2D eigenvalue weighted by atomic mass is 16.6. The van der Waals surface area contributed by atoms with E-state index in [0.717, 1.165) is 63.5 Å². The third-order valence-electron chi connectivity index (χ3n) is 5.17. The van der Waals surface area contributed by atoms with Crippen LogP contribution in [0.3, 0.4) is 0 Å². The molecule has 1 unspecified atom stereocenters. The molecular weight excluding hydrogens is 280 g/mol. The predicted octanol–water partition coefficient (Wildman–Crippen LogP) is 1.00. The standard InChI is InChI=1S/C16H22N4O2/c1-12-14(18-5-4-17-12)20-8-6-19(7-9-20)11-13-10-16(2-3-16)15(21)22-13/h4-5,13H,2-3,6-11H2,1H3. The number of cyclic esters (lactones) is 1. The van der Waals surface area contributed by atoms with Crippen LogP contribution in [-0.4, -0.2) is 59.7 Å². The number of rotatable bonds is 3. The lowest BCUT2D eigenvalue weighted by Crippen LogP contribution is -2.49. The normalized spacial score (nSPS) is 27.2. The number of anilines is 1. The summed E-state index contributed by atoms with van der Waals surface area (Å²) in [5.41, 5.74) is 0.903. The molecule has 1 atom stereocenters. The van der Waals surface area contributed by atoms with Crippen LogP contribution in [0.15, 0.2) is 12.4 Å². The second kappa shape index (κ2) is 5.19. The first kappa shape index (κ1) is 13.9. The molecule has 1 saturated carbocycles. The first-order valence-corrected chi connectivity index (χ1v) is 8.12. The van der Waals surface area contributed by atoms with Gasteiger partial charge in [0.15, 0.2) is 0 Å². The van der Waals surface area contributed by atoms with Crippen molar-refractivity contribution >= 4 is 11.8 Å². The van der Waals surface area contributed by atoms with Crippen molar-refractivity contribution < 1.29 is 9.53 Å². The number of piperazine rings is 1. The fraction of sp³-hybridized carbons (Fsp3) is 0.688. The smallest absolute Gasteiger partial charge is 0.312 e. The minimum atomic E-state index is -0.0801. The molecule has 3 heterocycles. The molecule has 2 aliphatic heterocycles. The Hall–Kier alpha value is -1.69. The molecule has 1 aromatic heterocycles. The largest absolute Gasteiger partial charge is 0.461 e. The minimum Gasteiger partial charge on any atom is -0.461 e. The number of hydrogen-bond acceptors (Lipinski definition) is 6. The Kier molecular flexibility index (Phi) is 3.29. The van der Waals surface area contributed by atoms with Gasteiger partial charge in [-0.2, -0.15) is 0 Å². The summed E-state index contributed by atoms with van der Waals surface area (Å²) in [5.74, 6) is 1.04. The van der Waals surface area contributed by atoms with E-state index in [0.29, 0.717) is 0 Å². The van der Waals surface area contributed by atoms with Crippen LogP contribution in [0.4, 0.5) is 5.82 Å². The first-order valence-electron chi connectivity index (χ1n) is 8.12. The Balaban J connectivity index is 1.31. The van der Waals surface area contributed by atoms with E-state index < -0.39 is 0 Å². The van der Waals surface area contributed by atoms with Crippen molar-refractivity contribution in [2.24, 2.45) is 5.41 Å². The van der Waals surface area contributed by atoms with Crippen molar-refractivity contribution in [3.05, 3.63) is 18.1 Å². The molecular formula is C16H22N4O2. The molecule has 3 fully saturated rings. The van der Waals surface area contributed by atoms with E-state index in [1.165, 1.54) is 0 Å². The highest BCUT2D eigenvalue weighted by molar-refractivity contribution is 5.82. The Labute approximate surface area is 130 Å². The molecule has 1 spiro atoms. The number of aryl methyl sites for hydroxylation is 1. The average Bonchev–Trinajstić information content (AvgIpc) is 3.23. The predicted molar refractivity (Wildman–Crippen MR) is 81.6 cm³/mol. The van der Waals surface area contributed by atoms with Crippen LogP contribution >= 0.6 is 0 Å². The zero-order chi connectivity index (χ0) is 15.2. The molecule has 1 aromatic rings. The molecule has 3 aliphatic rings. The number of esters is 1. The fourth-order valence-corrected chi connectivity index (χ4v) is 3.64. The minimum absolute atomic E-state index is 0.0475. The number of ether oxygens (including phenoxy) is 1. The van der Waals surface area contributed by atoms with Crippen LogP contribution in [0, 0.1) is 12.3 Å². The molecule has 0 bridgehead atoms. The van der Waals surface area contributed by atoms with Crippen LogP contribution in [0.2, 0.25) is 0 Å². The number of hydrogen-bond donors (Lipinski definition) is 0. The molecule has 0 radical (unpaired) electrons. The quantitative estimate of drug-likeness (QED) is 0.777. The Bertz CT molecular complexity index is 579. The van der Waals surface area contributed by atoms with E-state index in [2.05, 4.69) is 19.8 Å². The van der Waals surface area contributed by atoms with Gasteiger partial charge in [-0.15, -0.1) is 0 Å². The topological polar surface area (TPSA) is 58.6 Å². The summed E-state index contributed by atoms with van der Waals surface area (Å²) in [6.07, 6.45) is 6.57. The van der Waals surface area contributed by atoms with Gasteiger partial charge in [0.05, 0.1) is 11.1 Å². The lowest BCUT2D eigenvalue weighted by Gasteiger charge is -2.36. The molecule has 0 amide bonds. The number of nitrogens with zero attached hydrogens (tertiary/aromatic N) is 4. The second-order valence-electron chi connectivity index (χ2n) is 6.76. The number of carbonyl (C=O) groups is 1. The zero-order valence-corrected chi connectivity index (χ0v) is 13.0. The third kappa shape index (κ3) is 2.45. The summed E-state index contributed by atoms with van der Waals surface area (Å²) >= 11 is 0. The van der Waals surface area contributed by atoms with Crippen LogP contribution < -0.4 is 4.90 Å². The maximum absolute atomic E-state index is 11.8. The van der Waals surface area contributed by atoms with Crippen molar-refractivity contribution in [3.63, 3.8) is 0 Å². The Morgan fingerprint density at radius 1 is 1.23 bits per heavy atom. The highest BCUT2D eigenvalue weighted by Crippen LogP contribution is 2.54. The van der Waals surface area contributed by atoms with Crippen molar-refractivity contribution in [2.75, 3.05) is 37.6 Å². The summed E-state index contributed by atoms with van der Waals surface area (Å²) in [4.78, 5) is 25.3. The monoisotopic (exact) mass is 302 g/mol. The molecule has 4 rings (SSSR count).